The second kappa shape index (κ2) is 5.47. The van der Waals surface area contributed by atoms with Crippen LogP contribution >= 0.6 is 0 Å². The Morgan fingerprint density at radius 2 is 2.33 bits per heavy atom. The molecule has 1 aliphatic rings. The summed E-state index contributed by atoms with van der Waals surface area (Å²) < 4.78 is 7.17. The summed E-state index contributed by atoms with van der Waals surface area (Å²) >= 11 is 0. The van der Waals surface area contributed by atoms with Gasteiger partial charge in [-0.2, -0.15) is 0 Å². The fraction of sp³-hybridized carbons (Fsp3) is 0.333. The molecule has 1 aromatic carbocycles. The fourth-order valence-corrected chi connectivity index (χ4v) is 2.66. The number of imidazole rings is 1. The van der Waals surface area contributed by atoms with Crippen molar-refractivity contribution in [1.29, 1.82) is 0 Å². The third-order valence-electron chi connectivity index (χ3n) is 3.69. The standard InChI is InChI=1S/C15H17N3O3/c1-21-13-9-10(19)4-5-11(13)14-16-7-8-18(14)12-3-2-6-17-15(12)20/h4-5,7-9,12,19H,2-3,6H2,1H3,(H,17,20). The molecule has 110 valence electrons. The van der Waals surface area contributed by atoms with Crippen LogP contribution in [-0.4, -0.2) is 34.2 Å². The van der Waals surface area contributed by atoms with E-state index in [9.17, 15) is 9.90 Å². The van der Waals surface area contributed by atoms with Gasteiger partial charge in [-0.1, -0.05) is 0 Å². The van der Waals surface area contributed by atoms with Gasteiger partial charge in [-0.15, -0.1) is 0 Å². The Kier molecular flexibility index (Phi) is 3.51. The number of aromatic hydroxyl groups is 1. The molecule has 0 saturated carbocycles. The third kappa shape index (κ3) is 2.44. The van der Waals surface area contributed by atoms with E-state index in [0.717, 1.165) is 24.9 Å². The van der Waals surface area contributed by atoms with Crippen LogP contribution in [0.4, 0.5) is 0 Å². The van der Waals surface area contributed by atoms with Crippen LogP contribution < -0.4 is 10.1 Å². The van der Waals surface area contributed by atoms with Gasteiger partial charge in [0, 0.05) is 25.0 Å². The number of piperidine rings is 1. The van der Waals surface area contributed by atoms with Gasteiger partial charge in [0.25, 0.3) is 0 Å². The highest BCUT2D eigenvalue weighted by Crippen LogP contribution is 2.34. The number of carbonyl (C=O) groups is 1. The summed E-state index contributed by atoms with van der Waals surface area (Å²) in [6.45, 7) is 0.724. The summed E-state index contributed by atoms with van der Waals surface area (Å²) in [5.41, 5.74) is 0.749. The lowest BCUT2D eigenvalue weighted by Gasteiger charge is -2.24. The molecule has 1 atom stereocenters. The van der Waals surface area contributed by atoms with Gasteiger partial charge in [0.2, 0.25) is 5.91 Å². The first kappa shape index (κ1) is 13.5. The molecule has 0 aliphatic carbocycles. The second-order valence-corrected chi connectivity index (χ2v) is 4.99. The van der Waals surface area contributed by atoms with E-state index in [-0.39, 0.29) is 17.7 Å². The number of nitrogens with zero attached hydrogens (tertiary/aromatic N) is 2. The van der Waals surface area contributed by atoms with Gasteiger partial charge in [0.15, 0.2) is 0 Å². The average molecular weight is 287 g/mol. The first-order chi connectivity index (χ1) is 10.2. The van der Waals surface area contributed by atoms with Crippen molar-refractivity contribution in [1.82, 2.24) is 14.9 Å². The van der Waals surface area contributed by atoms with E-state index in [1.165, 1.54) is 6.07 Å². The van der Waals surface area contributed by atoms with Crippen molar-refractivity contribution < 1.29 is 14.6 Å². The van der Waals surface area contributed by atoms with Crippen molar-refractivity contribution in [3.05, 3.63) is 30.6 Å². The number of ether oxygens (including phenoxy) is 1. The van der Waals surface area contributed by atoms with Crippen LogP contribution in [0.1, 0.15) is 18.9 Å². The van der Waals surface area contributed by atoms with Gasteiger partial charge in [-0.05, 0) is 25.0 Å². The molecule has 21 heavy (non-hydrogen) atoms. The minimum absolute atomic E-state index is 0.0123. The predicted octanol–water partition coefficient (Wildman–Crippen LogP) is 1.72. The van der Waals surface area contributed by atoms with Gasteiger partial charge < -0.3 is 19.7 Å². The zero-order valence-corrected chi connectivity index (χ0v) is 11.7. The number of methoxy groups -OCH3 is 1. The Morgan fingerprint density at radius 3 is 3.10 bits per heavy atom. The molecule has 3 rings (SSSR count). The molecule has 0 radical (unpaired) electrons. The number of rotatable bonds is 3. The van der Waals surface area contributed by atoms with Crippen LogP contribution in [-0.2, 0) is 4.79 Å². The maximum absolute atomic E-state index is 12.1. The lowest BCUT2D eigenvalue weighted by Crippen LogP contribution is -2.37. The molecule has 1 fully saturated rings. The number of phenols is 1. The highest BCUT2D eigenvalue weighted by atomic mass is 16.5. The SMILES string of the molecule is COc1cc(O)ccc1-c1nccn1C1CCCNC1=O. The number of benzene rings is 1. The first-order valence-corrected chi connectivity index (χ1v) is 6.88. The van der Waals surface area contributed by atoms with E-state index in [1.807, 2.05) is 4.57 Å². The minimum atomic E-state index is -0.255. The van der Waals surface area contributed by atoms with Crippen LogP contribution in [0.3, 0.4) is 0 Å². The third-order valence-corrected chi connectivity index (χ3v) is 3.69. The molecule has 2 heterocycles. The summed E-state index contributed by atoms with van der Waals surface area (Å²) in [5, 5.41) is 12.4. The van der Waals surface area contributed by atoms with E-state index in [1.54, 1.807) is 31.6 Å². The normalized spacial score (nSPS) is 18.3. The second-order valence-electron chi connectivity index (χ2n) is 4.99. The molecular weight excluding hydrogens is 270 g/mol. The smallest absolute Gasteiger partial charge is 0.243 e. The molecule has 6 nitrogen and oxygen atoms in total. The van der Waals surface area contributed by atoms with E-state index in [4.69, 9.17) is 4.74 Å². The summed E-state index contributed by atoms with van der Waals surface area (Å²) in [6, 6.07) is 4.61. The Morgan fingerprint density at radius 1 is 1.48 bits per heavy atom. The zero-order valence-electron chi connectivity index (χ0n) is 11.7. The van der Waals surface area contributed by atoms with Crippen molar-refractivity contribution in [2.45, 2.75) is 18.9 Å². The van der Waals surface area contributed by atoms with Gasteiger partial charge in [0.05, 0.1) is 12.7 Å². The molecule has 2 aromatic rings. The summed E-state index contributed by atoms with van der Waals surface area (Å²) in [6.07, 6.45) is 5.21. The molecule has 1 aromatic heterocycles. The zero-order chi connectivity index (χ0) is 14.8. The quantitative estimate of drug-likeness (QED) is 0.901. The summed E-state index contributed by atoms with van der Waals surface area (Å²) in [7, 11) is 1.54. The maximum atomic E-state index is 12.1. The van der Waals surface area contributed by atoms with Crippen molar-refractivity contribution in [3.8, 4) is 22.9 Å². The fourth-order valence-electron chi connectivity index (χ4n) is 2.66. The van der Waals surface area contributed by atoms with Crippen LogP contribution in [0.15, 0.2) is 30.6 Å². The molecule has 1 saturated heterocycles. The lowest BCUT2D eigenvalue weighted by molar-refractivity contribution is -0.125. The molecular formula is C15H17N3O3. The molecule has 0 bridgehead atoms. The number of phenolic OH excluding ortho intramolecular Hbond substituents is 1. The predicted molar refractivity (Wildman–Crippen MR) is 77.2 cm³/mol. The topological polar surface area (TPSA) is 76.4 Å². The van der Waals surface area contributed by atoms with Crippen molar-refractivity contribution in [2.75, 3.05) is 13.7 Å². The van der Waals surface area contributed by atoms with Crippen LogP contribution in [0.5, 0.6) is 11.5 Å². The van der Waals surface area contributed by atoms with E-state index in [0.29, 0.717) is 11.6 Å². The highest BCUT2D eigenvalue weighted by Gasteiger charge is 2.26. The first-order valence-electron chi connectivity index (χ1n) is 6.88. The molecule has 1 unspecified atom stereocenters. The number of carbonyl (C=O) groups excluding carboxylic acids is 1. The minimum Gasteiger partial charge on any atom is -0.508 e. The number of amides is 1. The van der Waals surface area contributed by atoms with Gasteiger partial charge in [-0.3, -0.25) is 4.79 Å². The van der Waals surface area contributed by atoms with Crippen LogP contribution in [0.2, 0.25) is 0 Å². The Balaban J connectivity index is 2.05. The number of nitrogens with one attached hydrogen (secondary N) is 1. The lowest BCUT2D eigenvalue weighted by atomic mass is 10.1. The highest BCUT2D eigenvalue weighted by molar-refractivity contribution is 5.82. The van der Waals surface area contributed by atoms with Gasteiger partial charge >= 0.3 is 0 Å². The van der Waals surface area contributed by atoms with Gasteiger partial charge in [-0.25, -0.2) is 4.98 Å². The number of hydrogen-bond acceptors (Lipinski definition) is 4. The van der Waals surface area contributed by atoms with Crippen molar-refractivity contribution in [3.63, 3.8) is 0 Å². The number of hydrogen-bond donors (Lipinski definition) is 2. The van der Waals surface area contributed by atoms with Gasteiger partial charge in [0.1, 0.15) is 23.4 Å². The molecule has 0 spiro atoms. The summed E-state index contributed by atoms with van der Waals surface area (Å²) in [5.74, 6) is 1.33. The molecule has 2 N–H and O–H groups in total. The van der Waals surface area contributed by atoms with E-state index >= 15 is 0 Å². The van der Waals surface area contributed by atoms with Crippen LogP contribution in [0, 0.1) is 0 Å². The Bertz CT molecular complexity index is 666. The van der Waals surface area contributed by atoms with E-state index in [2.05, 4.69) is 10.3 Å². The summed E-state index contributed by atoms with van der Waals surface area (Å²) in [4.78, 5) is 16.4. The monoisotopic (exact) mass is 287 g/mol. The van der Waals surface area contributed by atoms with E-state index < -0.39 is 0 Å². The van der Waals surface area contributed by atoms with Crippen molar-refractivity contribution in [2.24, 2.45) is 0 Å². The van der Waals surface area contributed by atoms with Crippen LogP contribution in [0.25, 0.3) is 11.4 Å². The average Bonchev–Trinajstić information content (AvgIpc) is 2.96. The Labute approximate surface area is 122 Å². The Hall–Kier alpha value is -2.50. The molecule has 1 amide bonds. The maximum Gasteiger partial charge on any atom is 0.243 e. The molecule has 1 aliphatic heterocycles. The number of aromatic nitrogens is 2. The molecule has 6 heteroatoms. The largest absolute Gasteiger partial charge is 0.508 e. The van der Waals surface area contributed by atoms with Crippen molar-refractivity contribution >= 4 is 5.91 Å².